The average molecular weight is 389 g/mol. The molecule has 1 aromatic heterocycles. The zero-order valence-electron chi connectivity index (χ0n) is 13.1. The molecule has 0 atom stereocenters. The molecule has 0 aliphatic rings. The third kappa shape index (κ3) is 4.98. The topological polar surface area (TPSA) is 42.0 Å². The zero-order chi connectivity index (χ0) is 17.6. The third-order valence-electron chi connectivity index (χ3n) is 3.42. The van der Waals surface area contributed by atoms with Gasteiger partial charge in [0.2, 0.25) is 0 Å². The molecular formula is C19H14Cl2N2OS. The number of nitrogens with zero attached hydrogens (tertiary/aromatic N) is 1. The summed E-state index contributed by atoms with van der Waals surface area (Å²) < 4.78 is 0. The molecule has 2 aromatic carbocycles. The van der Waals surface area contributed by atoms with Gasteiger partial charge in [-0.1, -0.05) is 29.3 Å². The third-order valence-corrected chi connectivity index (χ3v) is 5.24. The van der Waals surface area contributed by atoms with Crippen LogP contribution < -0.4 is 5.32 Å². The largest absolute Gasteiger partial charge is 0.322 e. The fraction of sp³-hybridized carbons (Fsp3) is 0.0526. The summed E-state index contributed by atoms with van der Waals surface area (Å²) in [7, 11) is 0. The molecule has 0 saturated carbocycles. The summed E-state index contributed by atoms with van der Waals surface area (Å²) in [6.07, 6.45) is 3.62. The lowest BCUT2D eigenvalue weighted by atomic mass is 10.2. The maximum absolute atomic E-state index is 12.2. The van der Waals surface area contributed by atoms with Crippen molar-refractivity contribution in [1.29, 1.82) is 0 Å². The van der Waals surface area contributed by atoms with Crippen LogP contribution in [0.1, 0.15) is 15.9 Å². The molecule has 0 spiro atoms. The van der Waals surface area contributed by atoms with E-state index in [1.165, 1.54) is 5.56 Å². The van der Waals surface area contributed by atoms with E-state index in [1.807, 2.05) is 42.6 Å². The van der Waals surface area contributed by atoms with E-state index in [2.05, 4.69) is 10.3 Å². The molecule has 1 heterocycles. The summed E-state index contributed by atoms with van der Waals surface area (Å²) in [6.45, 7) is 0. The quantitative estimate of drug-likeness (QED) is 0.550. The first-order valence-corrected chi connectivity index (χ1v) is 9.24. The van der Waals surface area contributed by atoms with Crippen LogP contribution in [0.25, 0.3) is 0 Å². The van der Waals surface area contributed by atoms with Crippen molar-refractivity contribution in [2.24, 2.45) is 0 Å². The second-order valence-electron chi connectivity index (χ2n) is 5.26. The van der Waals surface area contributed by atoms with Gasteiger partial charge in [0.1, 0.15) is 0 Å². The van der Waals surface area contributed by atoms with Gasteiger partial charge in [0.15, 0.2) is 0 Å². The second-order valence-corrected chi connectivity index (χ2v) is 7.12. The normalized spacial score (nSPS) is 10.5. The highest BCUT2D eigenvalue weighted by atomic mass is 35.5. The minimum absolute atomic E-state index is 0.227. The van der Waals surface area contributed by atoms with Gasteiger partial charge in [-0.25, -0.2) is 0 Å². The molecule has 126 valence electrons. The first-order valence-electron chi connectivity index (χ1n) is 7.50. The smallest absolute Gasteiger partial charge is 0.255 e. The first-order chi connectivity index (χ1) is 12.1. The molecule has 25 heavy (non-hydrogen) atoms. The number of anilines is 1. The number of carbonyl (C=O) groups excluding carboxylic acids is 1. The summed E-state index contributed by atoms with van der Waals surface area (Å²) in [5, 5.41) is 3.63. The van der Waals surface area contributed by atoms with Crippen LogP contribution in [0.4, 0.5) is 5.69 Å². The van der Waals surface area contributed by atoms with Crippen LogP contribution in [0.5, 0.6) is 0 Å². The molecule has 1 amide bonds. The Morgan fingerprint density at radius 2 is 1.84 bits per heavy atom. The van der Waals surface area contributed by atoms with Crippen molar-refractivity contribution in [3.63, 3.8) is 0 Å². The molecule has 0 aliphatic heterocycles. The van der Waals surface area contributed by atoms with Crippen LogP contribution in [0.15, 0.2) is 71.9 Å². The predicted molar refractivity (Wildman–Crippen MR) is 105 cm³/mol. The van der Waals surface area contributed by atoms with E-state index in [0.717, 1.165) is 16.3 Å². The lowest BCUT2D eigenvalue weighted by Gasteiger charge is -2.07. The molecule has 0 unspecified atom stereocenters. The van der Waals surface area contributed by atoms with E-state index < -0.39 is 0 Å². The Morgan fingerprint density at radius 3 is 2.52 bits per heavy atom. The van der Waals surface area contributed by atoms with Crippen LogP contribution in [0, 0.1) is 0 Å². The minimum Gasteiger partial charge on any atom is -0.322 e. The molecule has 0 aliphatic carbocycles. The lowest BCUT2D eigenvalue weighted by molar-refractivity contribution is 0.102. The van der Waals surface area contributed by atoms with Gasteiger partial charge in [0.25, 0.3) is 5.91 Å². The van der Waals surface area contributed by atoms with Gasteiger partial charge in [0, 0.05) is 34.3 Å². The maximum Gasteiger partial charge on any atom is 0.255 e. The number of amides is 1. The van der Waals surface area contributed by atoms with Gasteiger partial charge in [-0.2, -0.15) is 0 Å². The van der Waals surface area contributed by atoms with Crippen LogP contribution in [0.2, 0.25) is 10.0 Å². The number of pyridine rings is 1. The summed E-state index contributed by atoms with van der Waals surface area (Å²) in [6, 6.07) is 16.5. The Hall–Kier alpha value is -2.01. The van der Waals surface area contributed by atoms with Crippen molar-refractivity contribution in [3.8, 4) is 0 Å². The number of hydrogen-bond donors (Lipinski definition) is 1. The Kier molecular flexibility index (Phi) is 5.97. The Morgan fingerprint density at radius 1 is 1.04 bits per heavy atom. The molecule has 0 bridgehead atoms. The van der Waals surface area contributed by atoms with Gasteiger partial charge < -0.3 is 5.32 Å². The number of carbonyl (C=O) groups is 1. The monoisotopic (exact) mass is 388 g/mol. The first kappa shape index (κ1) is 17.8. The molecule has 0 fully saturated rings. The maximum atomic E-state index is 12.2. The van der Waals surface area contributed by atoms with Crippen molar-refractivity contribution in [3.05, 3.63) is 88.2 Å². The van der Waals surface area contributed by atoms with E-state index in [1.54, 1.807) is 36.2 Å². The van der Waals surface area contributed by atoms with Crippen molar-refractivity contribution >= 4 is 46.6 Å². The molecular weight excluding hydrogens is 375 g/mol. The zero-order valence-corrected chi connectivity index (χ0v) is 15.4. The van der Waals surface area contributed by atoms with Gasteiger partial charge in [-0.15, -0.1) is 11.8 Å². The molecule has 6 heteroatoms. The summed E-state index contributed by atoms with van der Waals surface area (Å²) in [5.74, 6) is 0.623. The number of halogens is 2. The van der Waals surface area contributed by atoms with E-state index in [4.69, 9.17) is 23.2 Å². The fourth-order valence-corrected chi connectivity index (χ4v) is 3.26. The Bertz CT molecular complexity index is 870. The summed E-state index contributed by atoms with van der Waals surface area (Å²) in [4.78, 5) is 17.5. The highest BCUT2D eigenvalue weighted by Crippen LogP contribution is 2.25. The summed E-state index contributed by atoms with van der Waals surface area (Å²) in [5.41, 5.74) is 2.36. The number of rotatable bonds is 5. The van der Waals surface area contributed by atoms with Crippen molar-refractivity contribution in [2.45, 2.75) is 10.6 Å². The van der Waals surface area contributed by atoms with Gasteiger partial charge in [0.05, 0.1) is 10.0 Å². The number of hydrogen-bond acceptors (Lipinski definition) is 3. The molecule has 1 N–H and O–H groups in total. The van der Waals surface area contributed by atoms with Gasteiger partial charge in [-0.05, 0) is 54.1 Å². The highest BCUT2D eigenvalue weighted by molar-refractivity contribution is 7.98. The number of benzene rings is 2. The van der Waals surface area contributed by atoms with E-state index >= 15 is 0 Å². The highest BCUT2D eigenvalue weighted by Gasteiger charge is 2.08. The average Bonchev–Trinajstić information content (AvgIpc) is 2.64. The van der Waals surface area contributed by atoms with Gasteiger partial charge >= 0.3 is 0 Å². The van der Waals surface area contributed by atoms with Crippen LogP contribution in [0.3, 0.4) is 0 Å². The van der Waals surface area contributed by atoms with Crippen LogP contribution in [-0.4, -0.2) is 10.9 Å². The van der Waals surface area contributed by atoms with E-state index in [9.17, 15) is 4.79 Å². The number of nitrogens with one attached hydrogen (secondary N) is 1. The van der Waals surface area contributed by atoms with Crippen molar-refractivity contribution < 1.29 is 4.79 Å². The SMILES string of the molecule is O=C(Nc1ccc(SCc2cccnc2)cc1)c1ccc(Cl)c(Cl)c1. The van der Waals surface area contributed by atoms with Crippen molar-refractivity contribution in [2.75, 3.05) is 5.32 Å². The van der Waals surface area contributed by atoms with Gasteiger partial charge in [-0.3, -0.25) is 9.78 Å². The fourth-order valence-electron chi connectivity index (χ4n) is 2.13. The van der Waals surface area contributed by atoms with Crippen molar-refractivity contribution in [1.82, 2.24) is 4.98 Å². The van der Waals surface area contributed by atoms with Crippen LogP contribution >= 0.6 is 35.0 Å². The molecule has 3 nitrogen and oxygen atoms in total. The number of thioether (sulfide) groups is 1. The predicted octanol–water partition coefficient (Wildman–Crippen LogP) is 5.93. The molecule has 3 rings (SSSR count). The Labute approximate surface area is 160 Å². The Balaban J connectivity index is 1.60. The van der Waals surface area contributed by atoms with Crippen LogP contribution in [-0.2, 0) is 5.75 Å². The molecule has 0 radical (unpaired) electrons. The standard InChI is InChI=1S/C19H14Cl2N2OS/c20-17-8-3-14(10-18(17)21)19(24)23-15-4-6-16(7-5-15)25-12-13-2-1-9-22-11-13/h1-11H,12H2,(H,23,24). The minimum atomic E-state index is -0.227. The van der Waals surface area contributed by atoms with E-state index in [-0.39, 0.29) is 5.91 Å². The second kappa shape index (κ2) is 8.39. The number of aromatic nitrogens is 1. The lowest BCUT2D eigenvalue weighted by Crippen LogP contribution is -2.11. The molecule has 3 aromatic rings. The van der Waals surface area contributed by atoms with E-state index in [0.29, 0.717) is 15.6 Å². The summed E-state index contributed by atoms with van der Waals surface area (Å²) >= 11 is 13.5. The molecule has 0 saturated heterocycles.